The van der Waals surface area contributed by atoms with Crippen LogP contribution in [0.25, 0.3) is 11.5 Å². The molecule has 0 spiro atoms. The highest BCUT2D eigenvalue weighted by atomic mass is 16.5. The number of hydrogen-bond acceptors (Lipinski definition) is 5. The van der Waals surface area contributed by atoms with Crippen LogP contribution in [0.15, 0.2) is 28.8 Å². The van der Waals surface area contributed by atoms with E-state index in [1.807, 2.05) is 13.0 Å². The minimum Gasteiger partial charge on any atom is -0.463 e. The van der Waals surface area contributed by atoms with E-state index in [4.69, 9.17) is 4.42 Å². The standard InChI is InChI=1S/C11H10N2O3/c1-7-3-4-9(16-7)8-5-6-12-10(13-8)11(14)15-2/h3-6H,1-2H3. The summed E-state index contributed by atoms with van der Waals surface area (Å²) in [6.45, 7) is 1.84. The first-order chi connectivity index (χ1) is 7.70. The molecule has 2 heterocycles. The Kier molecular flexibility index (Phi) is 2.68. The summed E-state index contributed by atoms with van der Waals surface area (Å²) in [6, 6.07) is 5.29. The average Bonchev–Trinajstić information content (AvgIpc) is 2.75. The second kappa shape index (κ2) is 4.14. The van der Waals surface area contributed by atoms with Gasteiger partial charge in [0.05, 0.1) is 7.11 Å². The van der Waals surface area contributed by atoms with Crippen LogP contribution in [0.4, 0.5) is 0 Å². The van der Waals surface area contributed by atoms with Crippen molar-refractivity contribution in [1.29, 1.82) is 0 Å². The Morgan fingerprint density at radius 2 is 2.19 bits per heavy atom. The number of nitrogens with zero attached hydrogens (tertiary/aromatic N) is 2. The van der Waals surface area contributed by atoms with E-state index in [2.05, 4.69) is 14.7 Å². The Hall–Kier alpha value is -2.17. The van der Waals surface area contributed by atoms with Crippen LogP contribution in [0.5, 0.6) is 0 Å². The molecule has 0 amide bonds. The van der Waals surface area contributed by atoms with Gasteiger partial charge in [-0.25, -0.2) is 14.8 Å². The molecule has 0 radical (unpaired) electrons. The van der Waals surface area contributed by atoms with Gasteiger partial charge in [0.1, 0.15) is 11.5 Å². The first-order valence-electron chi connectivity index (χ1n) is 4.69. The van der Waals surface area contributed by atoms with E-state index >= 15 is 0 Å². The summed E-state index contributed by atoms with van der Waals surface area (Å²) in [6.07, 6.45) is 1.49. The van der Waals surface area contributed by atoms with Gasteiger partial charge in [-0.2, -0.15) is 0 Å². The van der Waals surface area contributed by atoms with Gasteiger partial charge in [0, 0.05) is 6.20 Å². The summed E-state index contributed by atoms with van der Waals surface area (Å²) in [5, 5.41) is 0. The highest BCUT2D eigenvalue weighted by Crippen LogP contribution is 2.19. The molecule has 0 N–H and O–H groups in total. The molecule has 0 saturated heterocycles. The molecule has 0 unspecified atom stereocenters. The molecule has 0 aliphatic carbocycles. The summed E-state index contributed by atoms with van der Waals surface area (Å²) >= 11 is 0. The van der Waals surface area contributed by atoms with Crippen LogP contribution in [0, 0.1) is 6.92 Å². The molecule has 0 bridgehead atoms. The first kappa shape index (κ1) is 10.4. The van der Waals surface area contributed by atoms with E-state index in [1.165, 1.54) is 13.3 Å². The largest absolute Gasteiger partial charge is 0.463 e. The molecule has 2 aromatic heterocycles. The van der Waals surface area contributed by atoms with Gasteiger partial charge in [0.25, 0.3) is 0 Å². The van der Waals surface area contributed by atoms with Crippen molar-refractivity contribution >= 4 is 5.97 Å². The maximum Gasteiger partial charge on any atom is 0.376 e. The number of hydrogen-bond donors (Lipinski definition) is 0. The monoisotopic (exact) mass is 218 g/mol. The maximum atomic E-state index is 11.2. The first-order valence-corrected chi connectivity index (χ1v) is 4.69. The zero-order valence-corrected chi connectivity index (χ0v) is 8.93. The molecular weight excluding hydrogens is 208 g/mol. The number of methoxy groups -OCH3 is 1. The van der Waals surface area contributed by atoms with Crippen molar-refractivity contribution in [2.75, 3.05) is 7.11 Å². The van der Waals surface area contributed by atoms with Gasteiger partial charge >= 0.3 is 5.97 Å². The number of carbonyl (C=O) groups excluding carboxylic acids is 1. The van der Waals surface area contributed by atoms with E-state index in [1.54, 1.807) is 12.1 Å². The lowest BCUT2D eigenvalue weighted by Gasteiger charge is -1.99. The van der Waals surface area contributed by atoms with Crippen LogP contribution in [0.2, 0.25) is 0 Å². The second-order valence-corrected chi connectivity index (χ2v) is 3.17. The summed E-state index contributed by atoms with van der Waals surface area (Å²) in [7, 11) is 1.29. The zero-order chi connectivity index (χ0) is 11.5. The number of furan rings is 1. The zero-order valence-electron chi connectivity index (χ0n) is 8.93. The van der Waals surface area contributed by atoms with Gasteiger partial charge in [0.2, 0.25) is 5.82 Å². The third-order valence-corrected chi connectivity index (χ3v) is 2.02. The molecule has 5 nitrogen and oxygen atoms in total. The van der Waals surface area contributed by atoms with Crippen molar-refractivity contribution in [2.24, 2.45) is 0 Å². The fourth-order valence-corrected chi connectivity index (χ4v) is 1.26. The Bertz CT molecular complexity index is 519. The minimum atomic E-state index is -0.565. The van der Waals surface area contributed by atoms with Gasteiger partial charge in [-0.3, -0.25) is 0 Å². The second-order valence-electron chi connectivity index (χ2n) is 3.17. The highest BCUT2D eigenvalue weighted by Gasteiger charge is 2.11. The normalized spacial score (nSPS) is 10.1. The topological polar surface area (TPSA) is 65.2 Å². The van der Waals surface area contributed by atoms with Crippen LogP contribution in [0.3, 0.4) is 0 Å². The van der Waals surface area contributed by atoms with E-state index < -0.39 is 5.97 Å². The highest BCUT2D eigenvalue weighted by molar-refractivity contribution is 5.85. The van der Waals surface area contributed by atoms with Crippen LogP contribution >= 0.6 is 0 Å². The Morgan fingerprint density at radius 1 is 1.38 bits per heavy atom. The van der Waals surface area contributed by atoms with E-state index in [-0.39, 0.29) is 5.82 Å². The third kappa shape index (κ3) is 1.93. The molecule has 0 atom stereocenters. The molecule has 0 aliphatic heterocycles. The van der Waals surface area contributed by atoms with Crippen molar-refractivity contribution in [1.82, 2.24) is 9.97 Å². The van der Waals surface area contributed by atoms with Crippen LogP contribution in [0.1, 0.15) is 16.4 Å². The summed E-state index contributed by atoms with van der Waals surface area (Å²) in [5.74, 6) is 0.845. The van der Waals surface area contributed by atoms with E-state index in [0.717, 1.165) is 5.76 Å². The number of aromatic nitrogens is 2. The molecular formula is C11H10N2O3. The van der Waals surface area contributed by atoms with Crippen molar-refractivity contribution in [3.8, 4) is 11.5 Å². The quantitative estimate of drug-likeness (QED) is 0.719. The number of aryl methyl sites for hydroxylation is 1. The molecule has 0 fully saturated rings. The summed E-state index contributed by atoms with van der Waals surface area (Å²) < 4.78 is 9.93. The van der Waals surface area contributed by atoms with Crippen molar-refractivity contribution in [3.63, 3.8) is 0 Å². The van der Waals surface area contributed by atoms with Gasteiger partial charge < -0.3 is 9.15 Å². The lowest BCUT2D eigenvalue weighted by atomic mass is 10.3. The number of ether oxygens (including phenoxy) is 1. The van der Waals surface area contributed by atoms with Crippen LogP contribution in [-0.4, -0.2) is 23.0 Å². The number of rotatable bonds is 2. The molecule has 0 aliphatic rings. The minimum absolute atomic E-state index is 0.0223. The predicted octanol–water partition coefficient (Wildman–Crippen LogP) is 1.83. The molecule has 5 heteroatoms. The lowest BCUT2D eigenvalue weighted by molar-refractivity contribution is 0.0587. The fraction of sp³-hybridized carbons (Fsp3) is 0.182. The lowest BCUT2D eigenvalue weighted by Crippen LogP contribution is -2.07. The Balaban J connectivity index is 2.39. The van der Waals surface area contributed by atoms with Crippen LogP contribution < -0.4 is 0 Å². The van der Waals surface area contributed by atoms with Gasteiger partial charge in [0.15, 0.2) is 5.76 Å². The number of esters is 1. The fourth-order valence-electron chi connectivity index (χ4n) is 1.26. The summed E-state index contributed by atoms with van der Waals surface area (Å²) in [4.78, 5) is 19.1. The van der Waals surface area contributed by atoms with Crippen molar-refractivity contribution < 1.29 is 13.9 Å². The molecule has 16 heavy (non-hydrogen) atoms. The van der Waals surface area contributed by atoms with Crippen molar-refractivity contribution in [3.05, 3.63) is 36.0 Å². The molecule has 0 saturated carbocycles. The molecule has 2 rings (SSSR count). The Labute approximate surface area is 92.1 Å². The smallest absolute Gasteiger partial charge is 0.376 e. The van der Waals surface area contributed by atoms with Crippen molar-refractivity contribution in [2.45, 2.75) is 6.92 Å². The van der Waals surface area contributed by atoms with E-state index in [0.29, 0.717) is 11.5 Å². The molecule has 82 valence electrons. The SMILES string of the molecule is COC(=O)c1nccc(-c2ccc(C)o2)n1. The van der Waals surface area contributed by atoms with Gasteiger partial charge in [-0.1, -0.05) is 0 Å². The molecule has 0 aromatic carbocycles. The van der Waals surface area contributed by atoms with Gasteiger partial charge in [-0.05, 0) is 25.1 Å². The number of carbonyl (C=O) groups is 1. The summed E-state index contributed by atoms with van der Waals surface area (Å²) in [5.41, 5.74) is 0.559. The van der Waals surface area contributed by atoms with Gasteiger partial charge in [-0.15, -0.1) is 0 Å². The Morgan fingerprint density at radius 3 is 2.81 bits per heavy atom. The maximum absolute atomic E-state index is 11.2. The van der Waals surface area contributed by atoms with Crippen LogP contribution in [-0.2, 0) is 4.74 Å². The van der Waals surface area contributed by atoms with E-state index in [9.17, 15) is 4.79 Å². The molecule has 2 aromatic rings. The predicted molar refractivity (Wildman–Crippen MR) is 55.8 cm³/mol. The average molecular weight is 218 g/mol. The third-order valence-electron chi connectivity index (χ3n) is 2.02.